The van der Waals surface area contributed by atoms with Crippen LogP contribution in [-0.4, -0.2) is 40.5 Å². The summed E-state index contributed by atoms with van der Waals surface area (Å²) in [4.78, 5) is 44.4. The summed E-state index contributed by atoms with van der Waals surface area (Å²) >= 11 is 0. The van der Waals surface area contributed by atoms with Gasteiger partial charge in [0.2, 0.25) is 5.91 Å². The van der Waals surface area contributed by atoms with Gasteiger partial charge < -0.3 is 10.6 Å². The molecule has 3 aromatic rings. The Labute approximate surface area is 203 Å². The van der Waals surface area contributed by atoms with Gasteiger partial charge in [-0.3, -0.25) is 24.0 Å². The van der Waals surface area contributed by atoms with Crippen LogP contribution in [0.1, 0.15) is 37.9 Å². The van der Waals surface area contributed by atoms with Crippen molar-refractivity contribution in [3.05, 3.63) is 92.4 Å². The summed E-state index contributed by atoms with van der Waals surface area (Å²) in [6.45, 7) is 6.15. The zero-order chi connectivity index (χ0) is 25.7. The van der Waals surface area contributed by atoms with Crippen LogP contribution in [0.15, 0.2) is 64.2 Å². The molecule has 1 aromatic heterocycles. The minimum absolute atomic E-state index is 0.0119. The zero-order valence-corrected chi connectivity index (χ0v) is 20.5. The first-order valence-electron chi connectivity index (χ1n) is 11.5. The molecule has 0 aliphatic heterocycles. The predicted octanol–water partition coefficient (Wildman–Crippen LogP) is 2.99. The maximum Gasteiger partial charge on any atom is 0.330 e. The molecule has 0 spiro atoms. The molecule has 1 atom stereocenters. The summed E-state index contributed by atoms with van der Waals surface area (Å²) in [5.74, 6) is -0.696. The third-order valence-corrected chi connectivity index (χ3v) is 5.91. The number of nitrogens with one attached hydrogen (secondary N) is 1. The van der Waals surface area contributed by atoms with Gasteiger partial charge in [-0.1, -0.05) is 56.3 Å². The normalized spacial score (nSPS) is 12.2. The van der Waals surface area contributed by atoms with E-state index in [9.17, 15) is 18.8 Å². The summed E-state index contributed by atoms with van der Waals surface area (Å²) in [6.07, 6.45) is 0. The monoisotopic (exact) mass is 481 g/mol. The van der Waals surface area contributed by atoms with Crippen molar-refractivity contribution in [1.82, 2.24) is 14.5 Å². The molecule has 8 nitrogen and oxygen atoms in total. The SMILES string of the molecule is CC(C)CN(C(=O)CN(C)C(C)c1ccc(F)cc1)c1c(N)n(Cc2ccccc2)c(=O)[nH]c1=O. The number of carbonyl (C=O) groups is 1. The molecule has 0 fully saturated rings. The first kappa shape index (κ1) is 25.9. The summed E-state index contributed by atoms with van der Waals surface area (Å²) in [5.41, 5.74) is 6.64. The van der Waals surface area contributed by atoms with E-state index in [-0.39, 0.29) is 54.8 Å². The van der Waals surface area contributed by atoms with Crippen molar-refractivity contribution in [3.63, 3.8) is 0 Å². The van der Waals surface area contributed by atoms with E-state index in [0.29, 0.717) is 0 Å². The van der Waals surface area contributed by atoms with Gasteiger partial charge in [-0.2, -0.15) is 0 Å². The third-order valence-electron chi connectivity index (χ3n) is 5.91. The van der Waals surface area contributed by atoms with Gasteiger partial charge in [-0.25, -0.2) is 9.18 Å². The molecule has 9 heteroatoms. The van der Waals surface area contributed by atoms with E-state index >= 15 is 0 Å². The number of nitrogen functional groups attached to an aromatic ring is 1. The van der Waals surface area contributed by atoms with Crippen LogP contribution in [0.25, 0.3) is 0 Å². The number of halogens is 1. The first-order chi connectivity index (χ1) is 16.6. The van der Waals surface area contributed by atoms with Gasteiger partial charge in [0, 0.05) is 12.6 Å². The number of hydrogen-bond donors (Lipinski definition) is 2. The molecule has 0 bridgehead atoms. The molecule has 0 aliphatic rings. The first-order valence-corrected chi connectivity index (χ1v) is 11.5. The van der Waals surface area contributed by atoms with Crippen LogP contribution in [0.4, 0.5) is 15.9 Å². The molecule has 1 unspecified atom stereocenters. The maximum atomic E-state index is 13.5. The summed E-state index contributed by atoms with van der Waals surface area (Å²) < 4.78 is 14.6. The number of hydrogen-bond acceptors (Lipinski definition) is 5. The van der Waals surface area contributed by atoms with Gasteiger partial charge >= 0.3 is 5.69 Å². The van der Waals surface area contributed by atoms with Crippen molar-refractivity contribution >= 4 is 17.4 Å². The molecule has 0 radical (unpaired) electrons. The fourth-order valence-corrected chi connectivity index (χ4v) is 3.88. The highest BCUT2D eigenvalue weighted by molar-refractivity contribution is 5.96. The molecule has 1 amide bonds. The van der Waals surface area contributed by atoms with Crippen LogP contribution >= 0.6 is 0 Å². The highest BCUT2D eigenvalue weighted by Gasteiger charge is 2.27. The minimum Gasteiger partial charge on any atom is -0.383 e. The summed E-state index contributed by atoms with van der Waals surface area (Å²) in [7, 11) is 1.78. The molecule has 0 aliphatic carbocycles. The molecular formula is C26H32FN5O3. The van der Waals surface area contributed by atoms with Gasteiger partial charge in [-0.05, 0) is 43.1 Å². The van der Waals surface area contributed by atoms with Gasteiger partial charge in [0.25, 0.3) is 5.56 Å². The number of H-pyrrole nitrogens is 1. The Balaban J connectivity index is 1.94. The number of rotatable bonds is 9. The van der Waals surface area contributed by atoms with Crippen LogP contribution in [-0.2, 0) is 11.3 Å². The van der Waals surface area contributed by atoms with Gasteiger partial charge in [0.1, 0.15) is 11.6 Å². The number of likely N-dealkylation sites (N-methyl/N-ethyl adjacent to an activating group) is 1. The molecule has 2 aromatic carbocycles. The molecule has 0 saturated carbocycles. The number of nitrogens with zero attached hydrogens (tertiary/aromatic N) is 3. The Hall–Kier alpha value is -3.72. The fraction of sp³-hybridized carbons (Fsp3) is 0.346. The quantitative estimate of drug-likeness (QED) is 0.489. The van der Waals surface area contributed by atoms with E-state index in [1.807, 2.05) is 56.0 Å². The third kappa shape index (κ3) is 6.24. The van der Waals surface area contributed by atoms with E-state index in [4.69, 9.17) is 5.73 Å². The summed E-state index contributed by atoms with van der Waals surface area (Å²) in [6, 6.07) is 15.2. The minimum atomic E-state index is -0.708. The highest BCUT2D eigenvalue weighted by Crippen LogP contribution is 2.22. The van der Waals surface area contributed by atoms with Crippen LogP contribution in [0.2, 0.25) is 0 Å². The topological polar surface area (TPSA) is 104 Å². The fourth-order valence-electron chi connectivity index (χ4n) is 3.88. The number of nitrogens with two attached hydrogens (primary N) is 1. The van der Waals surface area contributed by atoms with Crippen molar-refractivity contribution in [2.24, 2.45) is 5.92 Å². The molecular weight excluding hydrogens is 449 g/mol. The lowest BCUT2D eigenvalue weighted by Gasteiger charge is -2.30. The van der Waals surface area contributed by atoms with Crippen LogP contribution in [0.5, 0.6) is 0 Å². The van der Waals surface area contributed by atoms with E-state index in [1.165, 1.54) is 21.6 Å². The highest BCUT2D eigenvalue weighted by atomic mass is 19.1. The number of anilines is 2. The molecule has 1 heterocycles. The lowest BCUT2D eigenvalue weighted by Crippen LogP contribution is -2.46. The van der Waals surface area contributed by atoms with Gasteiger partial charge in [-0.15, -0.1) is 0 Å². The van der Waals surface area contributed by atoms with Crippen LogP contribution in [0, 0.1) is 11.7 Å². The number of amides is 1. The van der Waals surface area contributed by atoms with Crippen molar-refractivity contribution in [1.29, 1.82) is 0 Å². The predicted molar refractivity (Wildman–Crippen MR) is 136 cm³/mol. The van der Waals surface area contributed by atoms with Crippen molar-refractivity contribution in [2.75, 3.05) is 30.8 Å². The van der Waals surface area contributed by atoms with Gasteiger partial charge in [0.05, 0.1) is 13.1 Å². The van der Waals surface area contributed by atoms with Gasteiger partial charge in [0.15, 0.2) is 5.69 Å². The lowest BCUT2D eigenvalue weighted by molar-refractivity contribution is -0.120. The molecule has 35 heavy (non-hydrogen) atoms. The second-order valence-electron chi connectivity index (χ2n) is 9.11. The Bertz CT molecular complexity index is 1270. The van der Waals surface area contributed by atoms with E-state index in [2.05, 4.69) is 4.98 Å². The van der Waals surface area contributed by atoms with Crippen molar-refractivity contribution < 1.29 is 9.18 Å². The van der Waals surface area contributed by atoms with Crippen LogP contribution in [0.3, 0.4) is 0 Å². The second-order valence-corrected chi connectivity index (χ2v) is 9.11. The number of carbonyl (C=O) groups excluding carboxylic acids is 1. The maximum absolute atomic E-state index is 13.5. The largest absolute Gasteiger partial charge is 0.383 e. The number of benzene rings is 2. The molecule has 0 saturated heterocycles. The number of aromatic nitrogens is 2. The van der Waals surface area contributed by atoms with E-state index in [0.717, 1.165) is 11.1 Å². The number of aromatic amines is 1. The second kappa shape index (κ2) is 11.1. The van der Waals surface area contributed by atoms with Crippen LogP contribution < -0.4 is 21.9 Å². The van der Waals surface area contributed by atoms with E-state index in [1.54, 1.807) is 19.2 Å². The van der Waals surface area contributed by atoms with E-state index < -0.39 is 11.2 Å². The van der Waals surface area contributed by atoms with Crippen molar-refractivity contribution in [3.8, 4) is 0 Å². The zero-order valence-electron chi connectivity index (χ0n) is 20.5. The Morgan fingerprint density at radius 1 is 1.06 bits per heavy atom. The average molecular weight is 482 g/mol. The van der Waals surface area contributed by atoms with Crippen molar-refractivity contribution in [2.45, 2.75) is 33.4 Å². The molecule has 3 rings (SSSR count). The smallest absolute Gasteiger partial charge is 0.330 e. The Kier molecular flexibility index (Phi) is 8.24. The lowest BCUT2D eigenvalue weighted by atomic mass is 10.1. The standard InChI is InChI=1S/C26H32FN5O3/c1-17(2)14-31(22(33)16-30(4)18(3)20-10-12-21(27)13-11-20)23-24(28)32(26(35)29-25(23)34)15-19-8-6-5-7-9-19/h5-13,17-18H,14-16,28H2,1-4H3,(H,29,34,35). The average Bonchev–Trinajstić information content (AvgIpc) is 2.81. The Morgan fingerprint density at radius 3 is 2.29 bits per heavy atom. The molecule has 186 valence electrons. The summed E-state index contributed by atoms with van der Waals surface area (Å²) in [5, 5.41) is 0. The molecule has 3 N–H and O–H groups in total. The Morgan fingerprint density at radius 2 is 1.69 bits per heavy atom.